The van der Waals surface area contributed by atoms with Gasteiger partial charge in [0.15, 0.2) is 0 Å². The maximum Gasteiger partial charge on any atom is 0.211 e. The fourth-order valence-electron chi connectivity index (χ4n) is 4.92. The third-order valence-electron chi connectivity index (χ3n) is 6.84. The number of allylic oxidation sites excluding steroid dienone is 2. The normalized spacial score (nSPS) is 14.0. The molecule has 0 spiro atoms. The van der Waals surface area contributed by atoms with Crippen LogP contribution in [0.5, 0.6) is 0 Å². The van der Waals surface area contributed by atoms with Gasteiger partial charge in [-0.1, -0.05) is 77.1 Å². The number of hydrogen-bond acceptors (Lipinski definition) is 0. The van der Waals surface area contributed by atoms with Crippen LogP contribution in [0.4, 0.5) is 0 Å². The molecule has 0 aromatic heterocycles. The van der Waals surface area contributed by atoms with Crippen molar-refractivity contribution < 1.29 is 4.70 Å². The summed E-state index contributed by atoms with van der Waals surface area (Å²) in [6, 6.07) is 17.6. The lowest BCUT2D eigenvalue weighted by Gasteiger charge is -2.11. The second kappa shape index (κ2) is 12.7. The first-order chi connectivity index (χ1) is 16.1. The Kier molecular flexibility index (Phi) is 9.66. The van der Waals surface area contributed by atoms with E-state index < -0.39 is 0 Å². The van der Waals surface area contributed by atoms with E-state index in [4.69, 9.17) is 0 Å². The zero-order valence-electron chi connectivity index (χ0n) is 21.3. The molecule has 0 radical (unpaired) electrons. The number of hydrogen-bond donors (Lipinski definition) is 0. The Hall–Kier alpha value is -2.48. The van der Waals surface area contributed by atoms with E-state index in [1.54, 1.807) is 0 Å². The van der Waals surface area contributed by atoms with Crippen molar-refractivity contribution in [3.05, 3.63) is 87.5 Å². The van der Waals surface area contributed by atoms with Crippen LogP contribution >= 0.6 is 0 Å². The highest BCUT2D eigenvalue weighted by molar-refractivity contribution is 5.81. The summed E-state index contributed by atoms with van der Waals surface area (Å²) in [6.07, 6.45) is 12.9. The second-order valence-corrected chi connectivity index (χ2v) is 9.53. The summed E-state index contributed by atoms with van der Waals surface area (Å²) in [4.78, 5) is 0. The van der Waals surface area contributed by atoms with Gasteiger partial charge in [-0.3, -0.25) is 0 Å². The van der Waals surface area contributed by atoms with E-state index in [1.165, 1.54) is 71.9 Å². The van der Waals surface area contributed by atoms with Gasteiger partial charge in [0.1, 0.15) is 0 Å². The summed E-state index contributed by atoms with van der Waals surface area (Å²) < 4.78 is 1.49. The van der Waals surface area contributed by atoms with Gasteiger partial charge in [0, 0.05) is 22.3 Å². The first kappa shape index (κ1) is 25.1. The molecule has 2 nitrogen and oxygen atoms in total. The molecule has 1 aliphatic rings. The van der Waals surface area contributed by atoms with E-state index >= 15 is 0 Å². The number of aryl methyl sites for hydroxylation is 2. The highest BCUT2D eigenvalue weighted by Crippen LogP contribution is 2.42. The molecule has 176 valence electrons. The molecule has 0 atom stereocenters. The minimum absolute atomic E-state index is 0.952. The maximum atomic E-state index is 11.5. The Morgan fingerprint density at radius 2 is 1.15 bits per heavy atom. The average Bonchev–Trinajstić information content (AvgIpc) is 3.07. The molecule has 0 saturated heterocycles. The molecule has 1 aliphatic heterocycles. The van der Waals surface area contributed by atoms with Crippen molar-refractivity contribution in [2.24, 2.45) is 0 Å². The van der Waals surface area contributed by atoms with Gasteiger partial charge in [0.05, 0.1) is 0 Å². The Balaban J connectivity index is 1.97. The van der Waals surface area contributed by atoms with Crippen LogP contribution in [0.2, 0.25) is 0 Å². The molecular formula is C31H42N2. The Morgan fingerprint density at radius 3 is 1.73 bits per heavy atom. The van der Waals surface area contributed by atoms with Crippen molar-refractivity contribution in [3.8, 4) is 0 Å². The SMILES string of the molecule is CCCCCC1=C(c2cccc(CCCC)c2)[N+](=[N-])C(c2cccc(CCCCC)c2)=C1C. The van der Waals surface area contributed by atoms with Crippen molar-refractivity contribution in [2.45, 2.75) is 98.3 Å². The van der Waals surface area contributed by atoms with E-state index in [1.807, 2.05) is 0 Å². The Morgan fingerprint density at radius 1 is 0.636 bits per heavy atom. The van der Waals surface area contributed by atoms with Gasteiger partial charge in [-0.15, -0.1) is 0 Å². The number of rotatable bonds is 13. The first-order valence-electron chi connectivity index (χ1n) is 13.2. The van der Waals surface area contributed by atoms with Gasteiger partial charge in [0.25, 0.3) is 0 Å². The van der Waals surface area contributed by atoms with Crippen LogP contribution in [-0.4, -0.2) is 4.70 Å². The molecule has 33 heavy (non-hydrogen) atoms. The van der Waals surface area contributed by atoms with Crippen molar-refractivity contribution in [1.82, 2.24) is 0 Å². The topological polar surface area (TPSA) is 25.3 Å². The fraction of sp³-hybridized carbons (Fsp3) is 0.484. The number of unbranched alkanes of at least 4 members (excludes halogenated alkanes) is 5. The van der Waals surface area contributed by atoms with Crippen LogP contribution in [0, 0.1) is 0 Å². The number of benzene rings is 2. The summed E-state index contributed by atoms with van der Waals surface area (Å²) >= 11 is 0. The summed E-state index contributed by atoms with van der Waals surface area (Å²) in [6.45, 7) is 8.92. The molecule has 1 heterocycles. The molecule has 0 unspecified atom stereocenters. The average molecular weight is 443 g/mol. The van der Waals surface area contributed by atoms with Crippen LogP contribution in [0.15, 0.2) is 59.7 Å². The fourth-order valence-corrected chi connectivity index (χ4v) is 4.92. The highest BCUT2D eigenvalue weighted by Gasteiger charge is 2.33. The second-order valence-electron chi connectivity index (χ2n) is 9.53. The molecule has 0 bridgehead atoms. The largest absolute Gasteiger partial charge is 0.493 e. The molecule has 3 rings (SSSR count). The minimum atomic E-state index is 0.952. The predicted octanol–water partition coefficient (Wildman–Crippen LogP) is 9.53. The molecule has 2 aromatic carbocycles. The van der Waals surface area contributed by atoms with Crippen molar-refractivity contribution in [3.63, 3.8) is 0 Å². The van der Waals surface area contributed by atoms with E-state index in [0.29, 0.717) is 0 Å². The van der Waals surface area contributed by atoms with Crippen LogP contribution in [0.1, 0.15) is 108 Å². The standard InChI is InChI=1S/C31H42N2/c1-5-8-11-16-26-18-13-19-27(22-26)30-24(4)29(21-12-9-6-2)31(33(30)32)28-20-14-17-25(23-28)15-10-7-3/h13-14,17-20,22-23H,5-12,15-16,21H2,1-4H3. The van der Waals surface area contributed by atoms with E-state index in [9.17, 15) is 5.53 Å². The summed E-state index contributed by atoms with van der Waals surface area (Å²) in [5.41, 5.74) is 20.9. The maximum absolute atomic E-state index is 11.5. The third-order valence-corrected chi connectivity index (χ3v) is 6.84. The van der Waals surface area contributed by atoms with Gasteiger partial charge in [-0.05, 0) is 80.8 Å². The summed E-state index contributed by atoms with van der Waals surface area (Å²) in [5, 5.41) is 0. The van der Waals surface area contributed by atoms with Crippen molar-refractivity contribution >= 4 is 11.4 Å². The molecule has 0 amide bonds. The first-order valence-corrected chi connectivity index (χ1v) is 13.2. The van der Waals surface area contributed by atoms with Gasteiger partial charge in [-0.2, -0.15) is 0 Å². The number of nitrogens with zero attached hydrogens (tertiary/aromatic N) is 2. The smallest absolute Gasteiger partial charge is 0.211 e. The molecular weight excluding hydrogens is 400 g/mol. The molecule has 0 aliphatic carbocycles. The highest BCUT2D eigenvalue weighted by atomic mass is 15.2. The predicted molar refractivity (Wildman–Crippen MR) is 142 cm³/mol. The zero-order chi connectivity index (χ0) is 23.6. The monoisotopic (exact) mass is 442 g/mol. The van der Waals surface area contributed by atoms with Gasteiger partial charge in [0.2, 0.25) is 11.4 Å². The lowest BCUT2D eigenvalue weighted by atomic mass is 9.95. The van der Waals surface area contributed by atoms with Crippen molar-refractivity contribution in [1.29, 1.82) is 0 Å². The van der Waals surface area contributed by atoms with E-state index in [2.05, 4.69) is 76.2 Å². The van der Waals surface area contributed by atoms with E-state index in [0.717, 1.165) is 48.2 Å². The van der Waals surface area contributed by atoms with Crippen molar-refractivity contribution in [2.75, 3.05) is 0 Å². The summed E-state index contributed by atoms with van der Waals surface area (Å²) in [7, 11) is 0. The molecule has 2 heteroatoms. The van der Waals surface area contributed by atoms with Crippen LogP contribution in [0.25, 0.3) is 16.9 Å². The van der Waals surface area contributed by atoms with Crippen LogP contribution in [-0.2, 0) is 12.8 Å². The summed E-state index contributed by atoms with van der Waals surface area (Å²) in [5.74, 6) is 0. The molecule has 0 fully saturated rings. The minimum Gasteiger partial charge on any atom is -0.493 e. The molecule has 2 aromatic rings. The lowest BCUT2D eigenvalue weighted by molar-refractivity contribution is -0.345. The quantitative estimate of drug-likeness (QED) is 0.218. The van der Waals surface area contributed by atoms with E-state index in [-0.39, 0.29) is 0 Å². The van der Waals surface area contributed by atoms with Gasteiger partial charge in [-0.25, -0.2) is 4.70 Å². The third kappa shape index (κ3) is 6.31. The lowest BCUT2D eigenvalue weighted by Crippen LogP contribution is -2.03. The Bertz CT molecular complexity index is 1010. The molecule has 0 saturated carbocycles. The Labute approximate surface area is 201 Å². The molecule has 0 N–H and O–H groups in total. The van der Waals surface area contributed by atoms with Crippen LogP contribution < -0.4 is 0 Å². The van der Waals surface area contributed by atoms with Crippen LogP contribution in [0.3, 0.4) is 0 Å². The van der Waals surface area contributed by atoms with Gasteiger partial charge < -0.3 is 5.53 Å². The zero-order valence-corrected chi connectivity index (χ0v) is 21.3. The van der Waals surface area contributed by atoms with Gasteiger partial charge >= 0.3 is 0 Å².